The van der Waals surface area contributed by atoms with Gasteiger partial charge in [0.25, 0.3) is 0 Å². The third-order valence-electron chi connectivity index (χ3n) is 1.49. The van der Waals surface area contributed by atoms with E-state index in [-0.39, 0.29) is 6.61 Å². The molecule has 1 fully saturated rings. The van der Waals surface area contributed by atoms with Crippen molar-refractivity contribution in [2.24, 2.45) is 5.16 Å². The summed E-state index contributed by atoms with van der Waals surface area (Å²) >= 11 is 0. The van der Waals surface area contributed by atoms with Crippen molar-refractivity contribution in [2.45, 2.75) is 6.18 Å². The molecule has 0 aromatic rings. The van der Waals surface area contributed by atoms with Crippen LogP contribution in [-0.4, -0.2) is 44.2 Å². The first-order valence-electron chi connectivity index (χ1n) is 4.12. The van der Waals surface area contributed by atoms with Crippen molar-refractivity contribution in [1.29, 1.82) is 0 Å². The first-order chi connectivity index (χ1) is 7.00. The molecule has 0 aliphatic carbocycles. The number of alkyl halides is 3. The number of esters is 1. The van der Waals surface area contributed by atoms with E-state index >= 15 is 0 Å². The molecule has 0 saturated carbocycles. The summed E-state index contributed by atoms with van der Waals surface area (Å²) in [6.07, 6.45) is -4.95. The summed E-state index contributed by atoms with van der Waals surface area (Å²) < 4.78 is 38.7. The Morgan fingerprint density at radius 3 is 2.53 bits per heavy atom. The van der Waals surface area contributed by atoms with Gasteiger partial charge in [0.15, 0.2) is 6.61 Å². The van der Waals surface area contributed by atoms with Gasteiger partial charge in [-0.3, -0.25) is 0 Å². The van der Waals surface area contributed by atoms with Gasteiger partial charge in [-0.1, -0.05) is 5.16 Å². The summed E-state index contributed by atoms with van der Waals surface area (Å²) in [7, 11) is 0. The molecule has 0 spiro atoms. The van der Waals surface area contributed by atoms with E-state index in [0.29, 0.717) is 13.1 Å². The monoisotopic (exact) mass is 226 g/mol. The lowest BCUT2D eigenvalue weighted by atomic mass is 10.2. The lowest BCUT2D eigenvalue weighted by Crippen LogP contribution is -2.42. The van der Waals surface area contributed by atoms with E-state index in [1.807, 2.05) is 0 Å². The fraction of sp³-hybridized carbons (Fsp3) is 0.714. The van der Waals surface area contributed by atoms with Crippen molar-refractivity contribution in [3.8, 4) is 0 Å². The van der Waals surface area contributed by atoms with Crippen LogP contribution < -0.4 is 5.32 Å². The zero-order chi connectivity index (χ0) is 11.3. The summed E-state index contributed by atoms with van der Waals surface area (Å²) in [5.74, 6) is -2.22. The van der Waals surface area contributed by atoms with Crippen LogP contribution in [0.1, 0.15) is 0 Å². The largest absolute Gasteiger partial charge is 0.490 e. The number of carbonyl (C=O) groups is 1. The molecule has 0 radical (unpaired) electrons. The topological polar surface area (TPSA) is 59.9 Å². The maximum atomic E-state index is 11.6. The molecule has 8 heteroatoms. The van der Waals surface area contributed by atoms with Gasteiger partial charge in [-0.15, -0.1) is 0 Å². The molecule has 86 valence electrons. The van der Waals surface area contributed by atoms with Crippen LogP contribution in [0.2, 0.25) is 0 Å². The minimum atomic E-state index is -4.95. The van der Waals surface area contributed by atoms with Gasteiger partial charge in [0, 0.05) is 13.1 Å². The van der Waals surface area contributed by atoms with E-state index in [1.165, 1.54) is 0 Å². The molecule has 0 aromatic carbocycles. The zero-order valence-corrected chi connectivity index (χ0v) is 7.63. The minimum absolute atomic E-state index is 0.189. The Morgan fingerprint density at radius 2 is 2.07 bits per heavy atom. The first kappa shape index (κ1) is 11.8. The summed E-state index contributed by atoms with van der Waals surface area (Å²) in [5.41, 5.74) is 0.775. The first-order valence-corrected chi connectivity index (χ1v) is 4.12. The average Bonchev–Trinajstić information content (AvgIpc) is 2.05. The minimum Gasteiger partial charge on any atom is -0.455 e. The summed E-state index contributed by atoms with van der Waals surface area (Å²) in [6.45, 7) is 0.568. The number of nitrogens with one attached hydrogen (secondary N) is 1. The van der Waals surface area contributed by atoms with Crippen LogP contribution in [0.3, 0.4) is 0 Å². The van der Waals surface area contributed by atoms with Crippen molar-refractivity contribution in [1.82, 2.24) is 5.32 Å². The normalized spacial score (nSPS) is 15.5. The van der Waals surface area contributed by atoms with E-state index in [0.717, 1.165) is 5.71 Å². The van der Waals surface area contributed by atoms with Crippen molar-refractivity contribution >= 4 is 11.7 Å². The third-order valence-corrected chi connectivity index (χ3v) is 1.49. The second-order valence-electron chi connectivity index (χ2n) is 2.73. The highest BCUT2D eigenvalue weighted by molar-refractivity contribution is 5.92. The second kappa shape index (κ2) is 4.96. The number of nitrogens with zero attached hydrogens (tertiary/aromatic N) is 1. The van der Waals surface area contributed by atoms with Gasteiger partial charge in [0.2, 0.25) is 0 Å². The van der Waals surface area contributed by atoms with E-state index < -0.39 is 18.8 Å². The number of ether oxygens (including phenoxy) is 1. The number of rotatable bonds is 4. The number of carbonyl (C=O) groups excluding carboxylic acids is 1. The Kier molecular flexibility index (Phi) is 3.89. The van der Waals surface area contributed by atoms with Crippen LogP contribution in [-0.2, 0) is 14.4 Å². The highest BCUT2D eigenvalue weighted by atomic mass is 19.4. The summed E-state index contributed by atoms with van der Waals surface area (Å²) in [6, 6.07) is 0. The van der Waals surface area contributed by atoms with Crippen molar-refractivity contribution in [3.05, 3.63) is 0 Å². The smallest absolute Gasteiger partial charge is 0.455 e. The van der Waals surface area contributed by atoms with Gasteiger partial charge >= 0.3 is 12.1 Å². The zero-order valence-electron chi connectivity index (χ0n) is 7.63. The molecular weight excluding hydrogens is 217 g/mol. The van der Waals surface area contributed by atoms with Crippen molar-refractivity contribution in [2.75, 3.05) is 26.3 Å². The quantitative estimate of drug-likeness (QED) is 0.418. The van der Waals surface area contributed by atoms with E-state index in [4.69, 9.17) is 0 Å². The maximum absolute atomic E-state index is 11.6. The molecule has 0 aromatic heterocycles. The fourth-order valence-electron chi connectivity index (χ4n) is 0.692. The van der Waals surface area contributed by atoms with Gasteiger partial charge in [0.05, 0.1) is 5.71 Å². The van der Waals surface area contributed by atoms with Gasteiger partial charge in [0.1, 0.15) is 6.61 Å². The van der Waals surface area contributed by atoms with Gasteiger partial charge < -0.3 is 14.9 Å². The predicted octanol–water partition coefficient (Wildman–Crippen LogP) is 0.0677. The number of oxime groups is 1. The van der Waals surface area contributed by atoms with Gasteiger partial charge in [-0.05, 0) is 0 Å². The van der Waals surface area contributed by atoms with E-state index in [2.05, 4.69) is 20.0 Å². The number of hydrogen-bond acceptors (Lipinski definition) is 5. The molecule has 1 aliphatic heterocycles. The Balaban J connectivity index is 2.04. The highest BCUT2D eigenvalue weighted by Crippen LogP contribution is 2.16. The van der Waals surface area contributed by atoms with Gasteiger partial charge in [-0.2, -0.15) is 13.2 Å². The molecule has 5 nitrogen and oxygen atoms in total. The molecule has 1 saturated heterocycles. The molecular formula is C7H9F3N2O3. The van der Waals surface area contributed by atoms with Crippen LogP contribution in [0.25, 0.3) is 0 Å². The molecule has 1 rings (SSSR count). The Bertz CT molecular complexity index is 259. The molecule has 0 bridgehead atoms. The molecule has 1 N–H and O–H groups in total. The van der Waals surface area contributed by atoms with Crippen molar-refractivity contribution in [3.63, 3.8) is 0 Å². The Morgan fingerprint density at radius 1 is 1.40 bits per heavy atom. The summed E-state index contributed by atoms with van der Waals surface area (Å²) in [4.78, 5) is 14.8. The lowest BCUT2D eigenvalue weighted by Gasteiger charge is -2.15. The lowest BCUT2D eigenvalue weighted by molar-refractivity contribution is -0.200. The Labute approximate surface area is 83.2 Å². The van der Waals surface area contributed by atoms with Crippen LogP contribution in [0, 0.1) is 0 Å². The summed E-state index contributed by atoms with van der Waals surface area (Å²) in [5, 5.41) is 6.47. The number of halogens is 3. The second-order valence-corrected chi connectivity index (χ2v) is 2.73. The van der Waals surface area contributed by atoms with Crippen LogP contribution in [0.5, 0.6) is 0 Å². The average molecular weight is 226 g/mol. The van der Waals surface area contributed by atoms with Crippen LogP contribution in [0.15, 0.2) is 5.16 Å². The third kappa shape index (κ3) is 4.15. The SMILES string of the molecule is O=C(OCCON=C1CNC1)C(F)(F)F. The van der Waals surface area contributed by atoms with Crippen molar-refractivity contribution < 1.29 is 27.5 Å². The van der Waals surface area contributed by atoms with Crippen LogP contribution in [0.4, 0.5) is 13.2 Å². The van der Waals surface area contributed by atoms with Crippen LogP contribution >= 0.6 is 0 Å². The Hall–Kier alpha value is -1.31. The predicted molar refractivity (Wildman–Crippen MR) is 43.3 cm³/mol. The molecule has 0 amide bonds. The molecule has 1 aliphatic rings. The molecule has 1 heterocycles. The molecule has 0 unspecified atom stereocenters. The standard InChI is InChI=1S/C7H9F3N2O3/c8-7(9,10)6(13)14-1-2-15-12-5-3-11-4-5/h11H,1-4H2. The fourth-order valence-corrected chi connectivity index (χ4v) is 0.692. The number of hydrogen-bond donors (Lipinski definition) is 1. The molecule has 15 heavy (non-hydrogen) atoms. The maximum Gasteiger partial charge on any atom is 0.490 e. The van der Waals surface area contributed by atoms with E-state index in [1.54, 1.807) is 0 Å². The highest BCUT2D eigenvalue weighted by Gasteiger charge is 2.40. The molecule has 0 atom stereocenters. The van der Waals surface area contributed by atoms with E-state index in [9.17, 15) is 18.0 Å². The van der Waals surface area contributed by atoms with Gasteiger partial charge in [-0.25, -0.2) is 4.79 Å².